The van der Waals surface area contributed by atoms with E-state index in [-0.39, 0.29) is 17.6 Å². The maximum absolute atomic E-state index is 12.9. The number of para-hydroxylation sites is 1. The number of carbonyl (C=O) groups excluding carboxylic acids is 1. The van der Waals surface area contributed by atoms with Gasteiger partial charge in [0.05, 0.1) is 0 Å². The topological polar surface area (TPSA) is 65.5 Å². The van der Waals surface area contributed by atoms with Crippen LogP contribution in [0, 0.1) is 5.82 Å². The van der Waals surface area contributed by atoms with Gasteiger partial charge in [0.1, 0.15) is 5.82 Å². The Balaban J connectivity index is 1.58. The Labute approximate surface area is 146 Å². The second kappa shape index (κ2) is 7.79. The third-order valence-electron chi connectivity index (χ3n) is 4.22. The number of nitrogens with one attached hydrogen (secondary N) is 3. The summed E-state index contributed by atoms with van der Waals surface area (Å²) in [5, 5.41) is 9.36. The number of anilines is 1. The molecule has 0 aromatic heterocycles. The molecule has 3 N–H and O–H groups in total. The smallest absolute Gasteiger partial charge is 0.225 e. The molecule has 5 nitrogen and oxygen atoms in total. The summed E-state index contributed by atoms with van der Waals surface area (Å²) in [5.41, 5.74) is 2.97. The van der Waals surface area contributed by atoms with Gasteiger partial charge < -0.3 is 16.0 Å². The molecule has 1 atom stereocenters. The van der Waals surface area contributed by atoms with Gasteiger partial charge in [-0.05, 0) is 29.3 Å². The van der Waals surface area contributed by atoms with Crippen molar-refractivity contribution in [3.63, 3.8) is 0 Å². The third-order valence-corrected chi connectivity index (χ3v) is 4.22. The Hall–Kier alpha value is -2.89. The van der Waals surface area contributed by atoms with Crippen LogP contribution in [0.15, 0.2) is 53.5 Å². The van der Waals surface area contributed by atoms with Gasteiger partial charge in [-0.1, -0.05) is 30.3 Å². The van der Waals surface area contributed by atoms with Crippen molar-refractivity contribution in [3.05, 3.63) is 65.5 Å². The zero-order valence-electron chi connectivity index (χ0n) is 14.1. The normalized spacial score (nSPS) is 16.8. The highest BCUT2D eigenvalue weighted by Gasteiger charge is 2.24. The van der Waals surface area contributed by atoms with E-state index >= 15 is 0 Å². The first-order valence-corrected chi connectivity index (χ1v) is 8.23. The minimum Gasteiger partial charge on any atom is -0.356 e. The summed E-state index contributed by atoms with van der Waals surface area (Å²) < 4.78 is 12.9. The fourth-order valence-electron chi connectivity index (χ4n) is 2.91. The molecule has 0 saturated carbocycles. The second-order valence-corrected chi connectivity index (χ2v) is 5.97. The second-order valence-electron chi connectivity index (χ2n) is 5.97. The van der Waals surface area contributed by atoms with Crippen molar-refractivity contribution in [2.45, 2.75) is 18.9 Å². The van der Waals surface area contributed by atoms with E-state index in [1.165, 1.54) is 12.1 Å². The number of benzene rings is 2. The predicted octanol–water partition coefficient (Wildman–Crippen LogP) is 2.62. The van der Waals surface area contributed by atoms with E-state index in [4.69, 9.17) is 0 Å². The number of carbonyl (C=O) groups is 1. The molecule has 0 spiro atoms. The molecule has 1 amide bonds. The maximum atomic E-state index is 12.9. The zero-order valence-corrected chi connectivity index (χ0v) is 14.1. The Bertz CT molecular complexity index is 773. The molecule has 1 aliphatic rings. The summed E-state index contributed by atoms with van der Waals surface area (Å²) in [6.45, 7) is 1.15. The molecule has 25 heavy (non-hydrogen) atoms. The minimum absolute atomic E-state index is 0.0276. The van der Waals surface area contributed by atoms with Crippen LogP contribution < -0.4 is 16.0 Å². The first-order valence-electron chi connectivity index (χ1n) is 8.23. The van der Waals surface area contributed by atoms with Gasteiger partial charge in [0.2, 0.25) is 5.91 Å². The summed E-state index contributed by atoms with van der Waals surface area (Å²) in [7, 11) is 1.70. The van der Waals surface area contributed by atoms with Crippen LogP contribution >= 0.6 is 0 Å². The number of rotatable bonds is 4. The number of nitrogens with zero attached hydrogens (tertiary/aromatic N) is 1. The summed E-state index contributed by atoms with van der Waals surface area (Å²) in [4.78, 5) is 16.1. The van der Waals surface area contributed by atoms with Crippen molar-refractivity contribution in [1.82, 2.24) is 10.6 Å². The first-order chi connectivity index (χ1) is 12.2. The van der Waals surface area contributed by atoms with Crippen molar-refractivity contribution >= 4 is 17.6 Å². The highest BCUT2D eigenvalue weighted by atomic mass is 19.1. The molecule has 2 aromatic rings. The van der Waals surface area contributed by atoms with E-state index in [0.29, 0.717) is 25.5 Å². The fourth-order valence-corrected chi connectivity index (χ4v) is 2.91. The Morgan fingerprint density at radius 1 is 1.20 bits per heavy atom. The number of halogens is 1. The summed E-state index contributed by atoms with van der Waals surface area (Å²) >= 11 is 0. The molecule has 6 heteroatoms. The number of aliphatic imine (C=N–C) groups is 1. The van der Waals surface area contributed by atoms with Gasteiger partial charge >= 0.3 is 0 Å². The average molecular weight is 340 g/mol. The van der Waals surface area contributed by atoms with E-state index in [1.807, 2.05) is 24.3 Å². The van der Waals surface area contributed by atoms with Gasteiger partial charge in [-0.2, -0.15) is 0 Å². The van der Waals surface area contributed by atoms with Crippen LogP contribution in [0.3, 0.4) is 0 Å². The fraction of sp³-hybridized carbons (Fsp3) is 0.263. The predicted molar refractivity (Wildman–Crippen MR) is 97.0 cm³/mol. The molecule has 0 bridgehead atoms. The quantitative estimate of drug-likeness (QED) is 0.592. The van der Waals surface area contributed by atoms with Crippen LogP contribution in [0.4, 0.5) is 10.1 Å². The number of hydrogen-bond donors (Lipinski definition) is 3. The van der Waals surface area contributed by atoms with Crippen molar-refractivity contribution in [2.24, 2.45) is 4.99 Å². The van der Waals surface area contributed by atoms with E-state index in [0.717, 1.165) is 16.8 Å². The van der Waals surface area contributed by atoms with Gasteiger partial charge in [-0.15, -0.1) is 0 Å². The van der Waals surface area contributed by atoms with Crippen molar-refractivity contribution in [2.75, 3.05) is 18.9 Å². The lowest BCUT2D eigenvalue weighted by molar-refractivity contribution is -0.116. The van der Waals surface area contributed by atoms with Crippen LogP contribution in [0.25, 0.3) is 0 Å². The van der Waals surface area contributed by atoms with Crippen LogP contribution in [0.5, 0.6) is 0 Å². The van der Waals surface area contributed by atoms with Crippen LogP contribution in [-0.4, -0.2) is 25.5 Å². The molecule has 2 aromatic carbocycles. The lowest BCUT2D eigenvalue weighted by Crippen LogP contribution is -2.40. The van der Waals surface area contributed by atoms with Crippen LogP contribution in [-0.2, 0) is 11.3 Å². The Kier molecular flexibility index (Phi) is 5.28. The minimum atomic E-state index is -0.250. The summed E-state index contributed by atoms with van der Waals surface area (Å²) in [5.74, 6) is 0.516. The molecule has 3 rings (SSSR count). The van der Waals surface area contributed by atoms with E-state index in [9.17, 15) is 9.18 Å². The van der Waals surface area contributed by atoms with Crippen molar-refractivity contribution in [3.8, 4) is 0 Å². The van der Waals surface area contributed by atoms with E-state index in [1.54, 1.807) is 19.2 Å². The van der Waals surface area contributed by atoms with Gasteiger partial charge in [0, 0.05) is 38.2 Å². The van der Waals surface area contributed by atoms with Crippen molar-refractivity contribution < 1.29 is 9.18 Å². The summed E-state index contributed by atoms with van der Waals surface area (Å²) in [6, 6.07) is 14.2. The Morgan fingerprint density at radius 2 is 1.96 bits per heavy atom. The lowest BCUT2D eigenvalue weighted by Gasteiger charge is -2.26. The highest BCUT2D eigenvalue weighted by molar-refractivity contribution is 5.94. The van der Waals surface area contributed by atoms with Crippen molar-refractivity contribution in [1.29, 1.82) is 0 Å². The van der Waals surface area contributed by atoms with E-state index < -0.39 is 0 Å². The van der Waals surface area contributed by atoms with Crippen LogP contribution in [0.1, 0.15) is 23.5 Å². The molecule has 0 radical (unpaired) electrons. The number of amides is 1. The molecule has 1 heterocycles. The standard InChI is InChI=1S/C19H21FN4O/c1-21-19(22-11-13-6-8-15(20)9-7-13)23-12-14-10-18(25)24-17-5-3-2-4-16(14)17/h2-9,14H,10-12H2,1H3,(H,24,25)(H2,21,22,23). The largest absolute Gasteiger partial charge is 0.356 e. The van der Waals surface area contributed by atoms with Gasteiger partial charge in [-0.3, -0.25) is 9.79 Å². The van der Waals surface area contributed by atoms with Gasteiger partial charge in [0.25, 0.3) is 0 Å². The van der Waals surface area contributed by atoms with Crippen LogP contribution in [0.2, 0.25) is 0 Å². The first kappa shape index (κ1) is 17.0. The average Bonchev–Trinajstić information content (AvgIpc) is 2.63. The monoisotopic (exact) mass is 340 g/mol. The number of guanidine groups is 1. The molecular weight excluding hydrogens is 319 g/mol. The Morgan fingerprint density at radius 3 is 2.72 bits per heavy atom. The third kappa shape index (κ3) is 4.35. The molecule has 130 valence electrons. The molecule has 0 saturated heterocycles. The molecule has 0 aliphatic carbocycles. The van der Waals surface area contributed by atoms with E-state index in [2.05, 4.69) is 20.9 Å². The zero-order chi connectivity index (χ0) is 17.6. The van der Waals surface area contributed by atoms with Gasteiger partial charge in [-0.25, -0.2) is 4.39 Å². The highest BCUT2D eigenvalue weighted by Crippen LogP contribution is 2.31. The molecule has 1 aliphatic heterocycles. The number of fused-ring (bicyclic) bond motifs is 1. The summed E-state index contributed by atoms with van der Waals surface area (Å²) in [6.07, 6.45) is 0.443. The molecular formula is C19H21FN4O. The maximum Gasteiger partial charge on any atom is 0.225 e. The SMILES string of the molecule is CN=C(NCc1ccc(F)cc1)NCC1CC(=O)Nc2ccccc21. The molecule has 0 fully saturated rings. The molecule has 1 unspecified atom stereocenters. The van der Waals surface area contributed by atoms with Gasteiger partial charge in [0.15, 0.2) is 5.96 Å². The number of hydrogen-bond acceptors (Lipinski definition) is 2. The lowest BCUT2D eigenvalue weighted by atomic mass is 9.90.